The number of nitrogens with zero attached hydrogens (tertiary/aromatic N) is 1. The molecule has 1 rings (SSSR count). The Morgan fingerprint density at radius 2 is 1.83 bits per heavy atom. The molecule has 0 spiro atoms. The number of carbonyl (C=O) groups excluding carboxylic acids is 1. The lowest BCUT2D eigenvalue weighted by Gasteiger charge is -2.21. The minimum absolute atomic E-state index is 0.0298. The summed E-state index contributed by atoms with van der Waals surface area (Å²) >= 11 is 1.61. The van der Waals surface area contributed by atoms with E-state index in [1.165, 1.54) is 0 Å². The minimum Gasteiger partial charge on any atom is -0.347 e. The second-order valence-corrected chi connectivity index (χ2v) is 7.66. The molecule has 4 heteroatoms. The molecule has 0 saturated heterocycles. The van der Waals surface area contributed by atoms with E-state index in [2.05, 4.69) is 36.5 Å². The normalized spacial score (nSPS) is 14.4. The van der Waals surface area contributed by atoms with Gasteiger partial charge in [-0.2, -0.15) is 0 Å². The van der Waals surface area contributed by atoms with Gasteiger partial charge in [0.1, 0.15) is 5.01 Å². The van der Waals surface area contributed by atoms with Gasteiger partial charge in [-0.15, -0.1) is 11.3 Å². The molecule has 1 aromatic heterocycles. The zero-order valence-corrected chi connectivity index (χ0v) is 13.2. The molecule has 0 bridgehead atoms. The average molecular weight is 268 g/mol. The van der Waals surface area contributed by atoms with E-state index >= 15 is 0 Å². The molecule has 0 aromatic carbocycles. The van der Waals surface area contributed by atoms with Crippen molar-refractivity contribution in [2.75, 3.05) is 0 Å². The van der Waals surface area contributed by atoms with Crippen molar-refractivity contribution < 1.29 is 4.79 Å². The summed E-state index contributed by atoms with van der Waals surface area (Å²) in [7, 11) is 0. The molecule has 18 heavy (non-hydrogen) atoms. The second kappa shape index (κ2) is 5.00. The SMILES string of the molecule is C[C@@H](NC(=O)C(C)(C)C)c1nc(C(C)(C)C)cs1. The van der Waals surface area contributed by atoms with Gasteiger partial charge in [0.05, 0.1) is 11.7 Å². The lowest BCUT2D eigenvalue weighted by Crippen LogP contribution is -2.36. The molecule has 1 aromatic rings. The van der Waals surface area contributed by atoms with Gasteiger partial charge in [0.15, 0.2) is 0 Å². The van der Waals surface area contributed by atoms with Crippen LogP contribution in [-0.2, 0) is 10.2 Å². The number of rotatable bonds is 2. The highest BCUT2D eigenvalue weighted by molar-refractivity contribution is 7.09. The summed E-state index contributed by atoms with van der Waals surface area (Å²) in [6, 6.07) is -0.0298. The van der Waals surface area contributed by atoms with Gasteiger partial charge >= 0.3 is 0 Å². The molecular formula is C14H24N2OS. The predicted octanol–water partition coefficient (Wildman–Crippen LogP) is 3.66. The van der Waals surface area contributed by atoms with E-state index in [0.717, 1.165) is 10.7 Å². The Hall–Kier alpha value is -0.900. The second-order valence-electron chi connectivity index (χ2n) is 6.77. The fourth-order valence-electron chi connectivity index (χ4n) is 1.31. The van der Waals surface area contributed by atoms with E-state index < -0.39 is 0 Å². The average Bonchev–Trinajstić information content (AvgIpc) is 2.63. The van der Waals surface area contributed by atoms with Gasteiger partial charge in [0, 0.05) is 16.2 Å². The van der Waals surface area contributed by atoms with Gasteiger partial charge in [-0.1, -0.05) is 41.5 Å². The van der Waals surface area contributed by atoms with Crippen LogP contribution in [0.3, 0.4) is 0 Å². The van der Waals surface area contributed by atoms with Crippen LogP contribution in [0.2, 0.25) is 0 Å². The van der Waals surface area contributed by atoms with Crippen molar-refractivity contribution in [3.8, 4) is 0 Å². The van der Waals surface area contributed by atoms with Crippen molar-refractivity contribution in [3.63, 3.8) is 0 Å². The standard InChI is InChI=1S/C14H24N2OS/c1-9(15-12(17)14(5,6)7)11-16-10(8-18-11)13(2,3)4/h8-9H,1-7H3,(H,15,17)/t9-/m1/s1. The number of thiazole rings is 1. The summed E-state index contributed by atoms with van der Waals surface area (Å²) < 4.78 is 0. The summed E-state index contributed by atoms with van der Waals surface area (Å²) in [6.45, 7) is 14.2. The minimum atomic E-state index is -0.363. The summed E-state index contributed by atoms with van der Waals surface area (Å²) in [6.07, 6.45) is 0. The Kier molecular flexibility index (Phi) is 4.21. The van der Waals surface area contributed by atoms with Crippen molar-refractivity contribution in [2.45, 2.75) is 59.9 Å². The van der Waals surface area contributed by atoms with Crippen LogP contribution >= 0.6 is 11.3 Å². The third kappa shape index (κ3) is 3.80. The first-order valence-electron chi connectivity index (χ1n) is 6.28. The molecule has 0 unspecified atom stereocenters. The van der Waals surface area contributed by atoms with E-state index in [9.17, 15) is 4.79 Å². The number of carbonyl (C=O) groups is 1. The molecule has 1 heterocycles. The van der Waals surface area contributed by atoms with Crippen molar-refractivity contribution in [2.24, 2.45) is 5.41 Å². The lowest BCUT2D eigenvalue weighted by atomic mass is 9.93. The predicted molar refractivity (Wildman–Crippen MR) is 76.8 cm³/mol. The summed E-state index contributed by atoms with van der Waals surface area (Å²) in [4.78, 5) is 16.5. The Morgan fingerprint density at radius 3 is 2.22 bits per heavy atom. The zero-order valence-electron chi connectivity index (χ0n) is 12.4. The van der Waals surface area contributed by atoms with Gasteiger partial charge in [0.25, 0.3) is 0 Å². The summed E-state index contributed by atoms with van der Waals surface area (Å²) in [5, 5.41) is 6.06. The van der Waals surface area contributed by atoms with Crippen molar-refractivity contribution in [1.82, 2.24) is 10.3 Å². The Morgan fingerprint density at radius 1 is 1.28 bits per heavy atom. The van der Waals surface area contributed by atoms with Crippen molar-refractivity contribution >= 4 is 17.2 Å². The molecule has 0 radical (unpaired) electrons. The molecule has 102 valence electrons. The third-order valence-corrected chi connectivity index (χ3v) is 3.72. The fourth-order valence-corrected chi connectivity index (χ4v) is 2.36. The molecule has 3 nitrogen and oxygen atoms in total. The van der Waals surface area contributed by atoms with Crippen LogP contribution in [0.5, 0.6) is 0 Å². The van der Waals surface area contributed by atoms with Gasteiger partial charge in [-0.25, -0.2) is 4.98 Å². The smallest absolute Gasteiger partial charge is 0.225 e. The number of nitrogens with one attached hydrogen (secondary N) is 1. The summed E-state index contributed by atoms with van der Waals surface area (Å²) in [5.41, 5.74) is 0.778. The van der Waals surface area contributed by atoms with Crippen LogP contribution < -0.4 is 5.32 Å². The Labute approximate surface area is 114 Å². The number of hydrogen-bond donors (Lipinski definition) is 1. The molecule has 0 aliphatic rings. The van der Waals surface area contributed by atoms with E-state index in [4.69, 9.17) is 0 Å². The maximum Gasteiger partial charge on any atom is 0.225 e. The maximum absolute atomic E-state index is 11.9. The highest BCUT2D eigenvalue weighted by Gasteiger charge is 2.25. The van der Waals surface area contributed by atoms with Crippen LogP contribution in [0.4, 0.5) is 0 Å². The number of hydrogen-bond acceptors (Lipinski definition) is 3. The zero-order chi connectivity index (χ0) is 14.1. The van der Waals surface area contributed by atoms with Crippen LogP contribution in [0.15, 0.2) is 5.38 Å². The highest BCUT2D eigenvalue weighted by atomic mass is 32.1. The Bertz CT molecular complexity index is 424. The number of aromatic nitrogens is 1. The molecule has 1 atom stereocenters. The van der Waals surface area contributed by atoms with Crippen LogP contribution in [-0.4, -0.2) is 10.9 Å². The van der Waals surface area contributed by atoms with Crippen molar-refractivity contribution in [3.05, 3.63) is 16.1 Å². The van der Waals surface area contributed by atoms with E-state index in [1.807, 2.05) is 27.7 Å². The monoisotopic (exact) mass is 268 g/mol. The quantitative estimate of drug-likeness (QED) is 0.889. The van der Waals surface area contributed by atoms with Crippen LogP contribution in [0, 0.1) is 5.41 Å². The topological polar surface area (TPSA) is 42.0 Å². The van der Waals surface area contributed by atoms with E-state index in [0.29, 0.717) is 0 Å². The molecule has 1 amide bonds. The van der Waals surface area contributed by atoms with Gasteiger partial charge in [0.2, 0.25) is 5.91 Å². The molecule has 0 fully saturated rings. The van der Waals surface area contributed by atoms with E-state index in [1.54, 1.807) is 11.3 Å². The van der Waals surface area contributed by atoms with Gasteiger partial charge in [-0.3, -0.25) is 4.79 Å². The first kappa shape index (κ1) is 15.2. The maximum atomic E-state index is 11.9. The van der Waals surface area contributed by atoms with Crippen LogP contribution in [0.1, 0.15) is 65.2 Å². The molecule has 0 aliphatic carbocycles. The van der Waals surface area contributed by atoms with E-state index in [-0.39, 0.29) is 22.8 Å². The first-order chi connectivity index (χ1) is 8.01. The Balaban J connectivity index is 2.77. The summed E-state index contributed by atoms with van der Waals surface area (Å²) in [5.74, 6) is 0.0579. The first-order valence-corrected chi connectivity index (χ1v) is 7.16. The molecule has 0 saturated carbocycles. The number of amides is 1. The van der Waals surface area contributed by atoms with Gasteiger partial charge in [-0.05, 0) is 6.92 Å². The highest BCUT2D eigenvalue weighted by Crippen LogP contribution is 2.27. The molecule has 1 N–H and O–H groups in total. The lowest BCUT2D eigenvalue weighted by molar-refractivity contribution is -0.129. The largest absolute Gasteiger partial charge is 0.347 e. The van der Waals surface area contributed by atoms with Crippen LogP contribution in [0.25, 0.3) is 0 Å². The molecule has 0 aliphatic heterocycles. The van der Waals surface area contributed by atoms with Crippen molar-refractivity contribution in [1.29, 1.82) is 0 Å². The third-order valence-electron chi connectivity index (χ3n) is 2.69. The van der Waals surface area contributed by atoms with Gasteiger partial charge < -0.3 is 5.32 Å². The molecular weight excluding hydrogens is 244 g/mol. The fraction of sp³-hybridized carbons (Fsp3) is 0.714.